The molecule has 2 rings (SSSR count). The second-order valence-electron chi connectivity index (χ2n) is 6.39. The molecule has 2 N–H and O–H groups in total. The average Bonchev–Trinajstić information content (AvgIpc) is 2.57. The van der Waals surface area contributed by atoms with Crippen molar-refractivity contribution < 1.29 is 19.1 Å². The lowest BCUT2D eigenvalue weighted by atomic mass is 10.1. The fourth-order valence-corrected chi connectivity index (χ4v) is 2.94. The molecule has 7 heteroatoms. The molecule has 1 aliphatic heterocycles. The summed E-state index contributed by atoms with van der Waals surface area (Å²) in [6.45, 7) is 5.64. The molecule has 0 saturated carbocycles. The Kier molecular flexibility index (Phi) is 6.64. The first-order chi connectivity index (χ1) is 11.9. The van der Waals surface area contributed by atoms with Gasteiger partial charge in [0.2, 0.25) is 11.8 Å². The molecular formula is C18H27N3O4. The van der Waals surface area contributed by atoms with Crippen LogP contribution in [0.1, 0.15) is 25.8 Å². The minimum Gasteiger partial charge on any atom is -0.493 e. The number of carbonyl (C=O) groups is 2. The van der Waals surface area contributed by atoms with Gasteiger partial charge in [0.05, 0.1) is 26.7 Å². The van der Waals surface area contributed by atoms with E-state index in [9.17, 15) is 9.59 Å². The van der Waals surface area contributed by atoms with Crippen molar-refractivity contribution in [2.24, 2.45) is 0 Å². The molecule has 7 nitrogen and oxygen atoms in total. The summed E-state index contributed by atoms with van der Waals surface area (Å²) in [4.78, 5) is 26.4. The van der Waals surface area contributed by atoms with E-state index in [2.05, 4.69) is 10.6 Å². The van der Waals surface area contributed by atoms with Crippen molar-refractivity contribution in [3.8, 4) is 11.5 Å². The van der Waals surface area contributed by atoms with Crippen molar-refractivity contribution in [2.45, 2.75) is 38.9 Å². The van der Waals surface area contributed by atoms with E-state index in [1.807, 2.05) is 36.9 Å². The van der Waals surface area contributed by atoms with Crippen LogP contribution in [-0.4, -0.2) is 56.1 Å². The van der Waals surface area contributed by atoms with Gasteiger partial charge in [-0.1, -0.05) is 6.07 Å². The molecule has 0 aliphatic carbocycles. The van der Waals surface area contributed by atoms with Crippen LogP contribution in [0.5, 0.6) is 11.5 Å². The number of rotatable bonds is 7. The molecule has 2 amide bonds. The normalized spacial score (nSPS) is 18.0. The Bertz CT molecular complexity index is 618. The van der Waals surface area contributed by atoms with Crippen molar-refractivity contribution >= 4 is 11.8 Å². The molecule has 1 saturated heterocycles. The average molecular weight is 349 g/mol. The second-order valence-corrected chi connectivity index (χ2v) is 6.39. The lowest BCUT2D eigenvalue weighted by Gasteiger charge is -2.35. The molecule has 0 bridgehead atoms. The summed E-state index contributed by atoms with van der Waals surface area (Å²) in [5, 5.41) is 5.69. The number of methoxy groups -OCH3 is 2. The zero-order valence-corrected chi connectivity index (χ0v) is 15.3. The summed E-state index contributed by atoms with van der Waals surface area (Å²) in [6, 6.07) is 5.27. The molecule has 1 fully saturated rings. The van der Waals surface area contributed by atoms with Crippen molar-refractivity contribution in [1.82, 2.24) is 15.5 Å². The van der Waals surface area contributed by atoms with Crippen LogP contribution >= 0.6 is 0 Å². The predicted molar refractivity (Wildman–Crippen MR) is 94.6 cm³/mol. The third kappa shape index (κ3) is 5.09. The van der Waals surface area contributed by atoms with E-state index in [0.29, 0.717) is 31.1 Å². The van der Waals surface area contributed by atoms with E-state index in [4.69, 9.17) is 9.47 Å². The number of benzene rings is 1. The summed E-state index contributed by atoms with van der Waals surface area (Å²) in [7, 11) is 3.19. The molecule has 0 unspecified atom stereocenters. The number of nitrogens with zero attached hydrogens (tertiary/aromatic N) is 1. The van der Waals surface area contributed by atoms with Gasteiger partial charge in [-0.2, -0.15) is 0 Å². The Labute approximate surface area is 148 Å². The fraction of sp³-hybridized carbons (Fsp3) is 0.556. The van der Waals surface area contributed by atoms with Crippen molar-refractivity contribution in [3.63, 3.8) is 0 Å². The summed E-state index contributed by atoms with van der Waals surface area (Å²) >= 11 is 0. The molecule has 1 atom stereocenters. The predicted octanol–water partition coefficient (Wildman–Crippen LogP) is 0.919. The van der Waals surface area contributed by atoms with Crippen molar-refractivity contribution in [3.05, 3.63) is 23.8 Å². The van der Waals surface area contributed by atoms with Gasteiger partial charge in [-0.05, 0) is 31.5 Å². The van der Waals surface area contributed by atoms with Gasteiger partial charge in [-0.3, -0.25) is 14.5 Å². The monoisotopic (exact) mass is 349 g/mol. The van der Waals surface area contributed by atoms with Gasteiger partial charge >= 0.3 is 0 Å². The Morgan fingerprint density at radius 1 is 1.32 bits per heavy atom. The van der Waals surface area contributed by atoms with Crippen LogP contribution in [0, 0.1) is 0 Å². The highest BCUT2D eigenvalue weighted by atomic mass is 16.5. The molecule has 0 aromatic heterocycles. The molecule has 1 aliphatic rings. The van der Waals surface area contributed by atoms with Crippen LogP contribution in [0.2, 0.25) is 0 Å². The van der Waals surface area contributed by atoms with Crippen LogP contribution in [0.15, 0.2) is 18.2 Å². The quantitative estimate of drug-likeness (QED) is 0.765. The zero-order valence-electron chi connectivity index (χ0n) is 15.3. The van der Waals surface area contributed by atoms with E-state index < -0.39 is 6.04 Å². The minimum absolute atomic E-state index is 0.0541. The number of hydrogen-bond acceptors (Lipinski definition) is 5. The molecule has 138 valence electrons. The van der Waals surface area contributed by atoms with Gasteiger partial charge in [0, 0.05) is 25.7 Å². The first-order valence-corrected chi connectivity index (χ1v) is 8.46. The maximum Gasteiger partial charge on any atom is 0.237 e. The van der Waals surface area contributed by atoms with Gasteiger partial charge < -0.3 is 20.1 Å². The van der Waals surface area contributed by atoms with Crippen LogP contribution in [0.25, 0.3) is 0 Å². The molecule has 25 heavy (non-hydrogen) atoms. The maximum absolute atomic E-state index is 12.3. The van der Waals surface area contributed by atoms with Gasteiger partial charge in [0.1, 0.15) is 0 Å². The zero-order chi connectivity index (χ0) is 18.4. The molecule has 1 aromatic carbocycles. The van der Waals surface area contributed by atoms with E-state index in [0.717, 1.165) is 5.56 Å². The van der Waals surface area contributed by atoms with Gasteiger partial charge in [0.25, 0.3) is 0 Å². The first kappa shape index (κ1) is 19.1. The number of amides is 2. The van der Waals surface area contributed by atoms with Crippen LogP contribution in [0.3, 0.4) is 0 Å². The third-order valence-corrected chi connectivity index (χ3v) is 4.10. The summed E-state index contributed by atoms with van der Waals surface area (Å²) in [6.07, 6.45) is 0.150. The fourth-order valence-electron chi connectivity index (χ4n) is 2.94. The van der Waals surface area contributed by atoms with E-state index in [1.54, 1.807) is 14.2 Å². The summed E-state index contributed by atoms with van der Waals surface area (Å²) in [5.74, 6) is 1.09. The number of piperazine rings is 1. The SMILES string of the molecule is COc1ccc(CN2CCNC(=O)[C@H]2CC(=O)NC(C)C)cc1OC. The summed E-state index contributed by atoms with van der Waals surface area (Å²) in [5.41, 5.74) is 1.00. The Hall–Kier alpha value is -2.28. The van der Waals surface area contributed by atoms with E-state index >= 15 is 0 Å². The molecule has 0 radical (unpaired) electrons. The first-order valence-electron chi connectivity index (χ1n) is 8.46. The lowest BCUT2D eigenvalue weighted by Crippen LogP contribution is -2.56. The lowest BCUT2D eigenvalue weighted by molar-refractivity contribution is -0.134. The Morgan fingerprint density at radius 2 is 2.04 bits per heavy atom. The van der Waals surface area contributed by atoms with Gasteiger partial charge in [-0.25, -0.2) is 0 Å². The smallest absolute Gasteiger partial charge is 0.237 e. The highest BCUT2D eigenvalue weighted by Gasteiger charge is 2.31. The van der Waals surface area contributed by atoms with Crippen molar-refractivity contribution in [2.75, 3.05) is 27.3 Å². The summed E-state index contributed by atoms with van der Waals surface area (Å²) < 4.78 is 10.6. The number of nitrogens with one attached hydrogen (secondary N) is 2. The Morgan fingerprint density at radius 3 is 2.68 bits per heavy atom. The van der Waals surface area contributed by atoms with Crippen LogP contribution in [-0.2, 0) is 16.1 Å². The van der Waals surface area contributed by atoms with Crippen LogP contribution < -0.4 is 20.1 Å². The molecular weight excluding hydrogens is 322 g/mol. The van der Waals surface area contributed by atoms with E-state index in [1.165, 1.54) is 0 Å². The van der Waals surface area contributed by atoms with Gasteiger partial charge in [-0.15, -0.1) is 0 Å². The van der Waals surface area contributed by atoms with Crippen molar-refractivity contribution in [1.29, 1.82) is 0 Å². The van der Waals surface area contributed by atoms with E-state index in [-0.39, 0.29) is 24.3 Å². The number of hydrogen-bond donors (Lipinski definition) is 2. The second kappa shape index (κ2) is 8.71. The molecule has 1 heterocycles. The highest BCUT2D eigenvalue weighted by molar-refractivity contribution is 5.88. The third-order valence-electron chi connectivity index (χ3n) is 4.10. The Balaban J connectivity index is 2.12. The maximum atomic E-state index is 12.3. The topological polar surface area (TPSA) is 79.9 Å². The van der Waals surface area contributed by atoms with Crippen LogP contribution in [0.4, 0.5) is 0 Å². The highest BCUT2D eigenvalue weighted by Crippen LogP contribution is 2.28. The van der Waals surface area contributed by atoms with Gasteiger partial charge in [0.15, 0.2) is 11.5 Å². The number of carbonyl (C=O) groups excluding carboxylic acids is 2. The molecule has 1 aromatic rings. The molecule has 0 spiro atoms. The minimum atomic E-state index is -0.472. The number of ether oxygens (including phenoxy) is 2. The largest absolute Gasteiger partial charge is 0.493 e. The standard InChI is InChI=1S/C18H27N3O4/c1-12(2)20-17(22)10-14-18(23)19-7-8-21(14)11-13-5-6-15(24-3)16(9-13)25-4/h5-6,9,12,14H,7-8,10-11H2,1-4H3,(H,19,23)(H,20,22)/t14-/m1/s1.